The number of hydrogen-bond donors (Lipinski definition) is 2. The zero-order chi connectivity index (χ0) is 15.5. The van der Waals surface area contributed by atoms with Gasteiger partial charge in [0, 0.05) is 24.3 Å². The van der Waals surface area contributed by atoms with Crippen LogP contribution in [0.3, 0.4) is 0 Å². The molecular formula is C14H14BrN5OS. The maximum atomic E-state index is 11.9. The van der Waals surface area contributed by atoms with Crippen LogP contribution >= 0.6 is 27.3 Å². The van der Waals surface area contributed by atoms with Crippen LogP contribution in [-0.4, -0.2) is 20.3 Å². The van der Waals surface area contributed by atoms with Crippen LogP contribution in [0.1, 0.15) is 16.4 Å². The molecule has 3 aromatic heterocycles. The van der Waals surface area contributed by atoms with E-state index < -0.39 is 0 Å². The predicted octanol–water partition coefficient (Wildman–Crippen LogP) is 1.87. The molecule has 3 N–H and O–H groups in total. The van der Waals surface area contributed by atoms with Crippen LogP contribution in [-0.2, 0) is 24.3 Å². The van der Waals surface area contributed by atoms with Gasteiger partial charge in [-0.1, -0.05) is 0 Å². The van der Waals surface area contributed by atoms with E-state index in [0.29, 0.717) is 13.1 Å². The number of fused-ring (bicyclic) bond motifs is 1. The second-order valence-corrected chi connectivity index (χ2v) is 6.51. The first-order valence-electron chi connectivity index (χ1n) is 6.68. The van der Waals surface area contributed by atoms with Crippen molar-refractivity contribution in [2.75, 3.05) is 0 Å². The molecule has 22 heavy (non-hydrogen) atoms. The minimum Gasteiger partial charge on any atom is -0.350 e. The summed E-state index contributed by atoms with van der Waals surface area (Å²) in [6.45, 7) is 0.795. The van der Waals surface area contributed by atoms with Crippen molar-refractivity contribution in [3.05, 3.63) is 50.8 Å². The van der Waals surface area contributed by atoms with E-state index in [1.807, 2.05) is 34.3 Å². The minimum atomic E-state index is -0.0787. The van der Waals surface area contributed by atoms with Gasteiger partial charge in [-0.15, -0.1) is 11.3 Å². The molecule has 0 spiro atoms. The third kappa shape index (κ3) is 3.34. The van der Waals surface area contributed by atoms with Crippen LogP contribution < -0.4 is 11.1 Å². The summed E-state index contributed by atoms with van der Waals surface area (Å²) >= 11 is 4.93. The molecule has 1 amide bonds. The quantitative estimate of drug-likeness (QED) is 0.708. The van der Waals surface area contributed by atoms with Gasteiger partial charge in [0.25, 0.3) is 0 Å². The molecule has 0 aromatic carbocycles. The summed E-state index contributed by atoms with van der Waals surface area (Å²) in [7, 11) is 0. The summed E-state index contributed by atoms with van der Waals surface area (Å²) in [4.78, 5) is 20.7. The molecule has 0 fully saturated rings. The molecule has 3 aromatic rings. The second-order valence-electron chi connectivity index (χ2n) is 4.71. The third-order valence-electron chi connectivity index (χ3n) is 3.07. The van der Waals surface area contributed by atoms with Crippen molar-refractivity contribution in [3.63, 3.8) is 0 Å². The van der Waals surface area contributed by atoms with E-state index in [0.717, 1.165) is 26.5 Å². The van der Waals surface area contributed by atoms with Crippen molar-refractivity contribution < 1.29 is 4.79 Å². The molecule has 114 valence electrons. The highest BCUT2D eigenvalue weighted by Crippen LogP contribution is 2.16. The molecule has 0 aliphatic carbocycles. The number of hydrogen-bond acceptors (Lipinski definition) is 5. The van der Waals surface area contributed by atoms with Crippen molar-refractivity contribution in [1.82, 2.24) is 19.7 Å². The van der Waals surface area contributed by atoms with Crippen LogP contribution in [0.4, 0.5) is 0 Å². The second kappa shape index (κ2) is 6.55. The average Bonchev–Trinajstić information content (AvgIpc) is 3.12. The number of nitrogens with one attached hydrogen (secondary N) is 1. The largest absolute Gasteiger partial charge is 0.350 e. The summed E-state index contributed by atoms with van der Waals surface area (Å²) < 4.78 is 2.84. The summed E-state index contributed by atoms with van der Waals surface area (Å²) in [6.07, 6.45) is 4.07. The van der Waals surface area contributed by atoms with Gasteiger partial charge in [0.2, 0.25) is 5.91 Å². The standard InChI is InChI=1S/C14H14BrN5OS/c15-11-2-1-3-20-7-10(19-14(11)20)6-17-12(21)4-9-8-22-13(5-16)18-9/h1-3,7-8H,4-6,16H2,(H,17,21). The lowest BCUT2D eigenvalue weighted by Gasteiger charge is -2.01. The van der Waals surface area contributed by atoms with Gasteiger partial charge in [-0.05, 0) is 28.1 Å². The molecule has 3 heterocycles. The summed E-state index contributed by atoms with van der Waals surface area (Å²) in [5.74, 6) is -0.0787. The van der Waals surface area contributed by atoms with Gasteiger partial charge in [0.05, 0.1) is 28.8 Å². The number of amides is 1. The molecule has 0 aliphatic heterocycles. The Kier molecular flexibility index (Phi) is 4.51. The van der Waals surface area contributed by atoms with Crippen LogP contribution in [0.25, 0.3) is 5.65 Å². The number of aromatic nitrogens is 3. The zero-order valence-electron chi connectivity index (χ0n) is 11.6. The first-order valence-corrected chi connectivity index (χ1v) is 8.35. The number of rotatable bonds is 5. The number of nitrogens with zero attached hydrogens (tertiary/aromatic N) is 3. The number of thiazole rings is 1. The first kappa shape index (κ1) is 15.1. The van der Waals surface area contributed by atoms with E-state index in [1.54, 1.807) is 0 Å². The van der Waals surface area contributed by atoms with E-state index >= 15 is 0 Å². The molecule has 0 unspecified atom stereocenters. The van der Waals surface area contributed by atoms with Gasteiger partial charge in [0.15, 0.2) is 5.65 Å². The molecule has 0 bridgehead atoms. The number of halogens is 1. The maximum absolute atomic E-state index is 11.9. The van der Waals surface area contributed by atoms with Crippen molar-refractivity contribution in [1.29, 1.82) is 0 Å². The molecule has 0 atom stereocenters. The van der Waals surface area contributed by atoms with Gasteiger partial charge in [-0.2, -0.15) is 0 Å². The summed E-state index contributed by atoms with van der Waals surface area (Å²) in [5, 5.41) is 5.56. The van der Waals surface area contributed by atoms with E-state index in [4.69, 9.17) is 5.73 Å². The van der Waals surface area contributed by atoms with Gasteiger partial charge in [-0.3, -0.25) is 4.79 Å². The number of nitrogens with two attached hydrogens (primary N) is 1. The Morgan fingerprint density at radius 2 is 2.27 bits per heavy atom. The van der Waals surface area contributed by atoms with E-state index in [1.165, 1.54) is 11.3 Å². The van der Waals surface area contributed by atoms with E-state index in [-0.39, 0.29) is 12.3 Å². The van der Waals surface area contributed by atoms with Crippen molar-refractivity contribution in [3.8, 4) is 0 Å². The highest BCUT2D eigenvalue weighted by atomic mass is 79.9. The lowest BCUT2D eigenvalue weighted by molar-refractivity contribution is -0.120. The number of imidazole rings is 1. The molecule has 0 saturated carbocycles. The zero-order valence-corrected chi connectivity index (χ0v) is 14.0. The summed E-state index contributed by atoms with van der Waals surface area (Å²) in [5.41, 5.74) is 7.90. The lowest BCUT2D eigenvalue weighted by Crippen LogP contribution is -2.24. The highest BCUT2D eigenvalue weighted by Gasteiger charge is 2.09. The monoisotopic (exact) mass is 379 g/mol. The molecule has 3 rings (SSSR count). The smallest absolute Gasteiger partial charge is 0.226 e. The molecule has 0 aliphatic rings. The van der Waals surface area contributed by atoms with Gasteiger partial charge in [-0.25, -0.2) is 9.97 Å². The SMILES string of the molecule is NCc1nc(CC(=O)NCc2cn3cccc(Br)c3n2)cs1. The Hall–Kier alpha value is -1.77. The number of carbonyl (C=O) groups is 1. The van der Waals surface area contributed by atoms with Crippen LogP contribution in [0.2, 0.25) is 0 Å². The average molecular weight is 380 g/mol. The van der Waals surface area contributed by atoms with Crippen LogP contribution in [0.15, 0.2) is 34.4 Å². The van der Waals surface area contributed by atoms with Crippen molar-refractivity contribution in [2.45, 2.75) is 19.5 Å². The molecule has 6 nitrogen and oxygen atoms in total. The predicted molar refractivity (Wildman–Crippen MR) is 88.4 cm³/mol. The Labute approximate surface area is 139 Å². The molecule has 0 saturated heterocycles. The lowest BCUT2D eigenvalue weighted by atomic mass is 10.3. The third-order valence-corrected chi connectivity index (χ3v) is 4.61. The Morgan fingerprint density at radius 3 is 3.00 bits per heavy atom. The topological polar surface area (TPSA) is 85.3 Å². The van der Waals surface area contributed by atoms with Crippen LogP contribution in [0, 0.1) is 0 Å². The normalized spacial score (nSPS) is 11.0. The van der Waals surface area contributed by atoms with Gasteiger partial charge < -0.3 is 15.5 Å². The van der Waals surface area contributed by atoms with Crippen LogP contribution in [0.5, 0.6) is 0 Å². The Balaban J connectivity index is 1.61. The van der Waals surface area contributed by atoms with Gasteiger partial charge >= 0.3 is 0 Å². The highest BCUT2D eigenvalue weighted by molar-refractivity contribution is 9.10. The van der Waals surface area contributed by atoms with E-state index in [9.17, 15) is 4.79 Å². The fourth-order valence-electron chi connectivity index (χ4n) is 2.05. The molecule has 8 heteroatoms. The van der Waals surface area contributed by atoms with Crippen molar-refractivity contribution in [2.24, 2.45) is 5.73 Å². The number of carbonyl (C=O) groups excluding carboxylic acids is 1. The molecular weight excluding hydrogens is 366 g/mol. The van der Waals surface area contributed by atoms with Gasteiger partial charge in [0.1, 0.15) is 5.01 Å². The van der Waals surface area contributed by atoms with Crippen molar-refractivity contribution >= 4 is 38.8 Å². The summed E-state index contributed by atoms with van der Waals surface area (Å²) in [6, 6.07) is 3.86. The maximum Gasteiger partial charge on any atom is 0.226 e. The fourth-order valence-corrected chi connectivity index (χ4v) is 3.17. The first-order chi connectivity index (χ1) is 10.7. The fraction of sp³-hybridized carbons (Fsp3) is 0.214. The minimum absolute atomic E-state index is 0.0787. The van der Waals surface area contributed by atoms with E-state index in [2.05, 4.69) is 31.2 Å². The number of pyridine rings is 1. The Bertz CT molecular complexity index is 813. The Morgan fingerprint density at radius 1 is 1.41 bits per heavy atom. The molecule has 0 radical (unpaired) electrons.